The molecule has 0 atom stereocenters. The summed E-state index contributed by atoms with van der Waals surface area (Å²) < 4.78 is 5.43. The van der Waals surface area contributed by atoms with Crippen molar-refractivity contribution in [2.24, 2.45) is 0 Å². The van der Waals surface area contributed by atoms with E-state index in [-0.39, 0.29) is 0 Å². The number of benzene rings is 1. The Morgan fingerprint density at radius 3 is 2.46 bits per heavy atom. The summed E-state index contributed by atoms with van der Waals surface area (Å²) in [4.78, 5) is 16.3. The van der Waals surface area contributed by atoms with Gasteiger partial charge >= 0.3 is 0 Å². The average molecular weight is 374 g/mol. The molecule has 3 heterocycles. The molecule has 0 bridgehead atoms. The Labute approximate surface area is 159 Å². The van der Waals surface area contributed by atoms with Crippen molar-refractivity contribution in [3.63, 3.8) is 0 Å². The van der Waals surface area contributed by atoms with E-state index in [0.29, 0.717) is 0 Å². The molecule has 2 aliphatic heterocycles. The van der Waals surface area contributed by atoms with Crippen LogP contribution in [0.15, 0.2) is 36.5 Å². The van der Waals surface area contributed by atoms with Crippen LogP contribution in [0.2, 0.25) is 5.02 Å². The molecule has 7 heteroatoms. The van der Waals surface area contributed by atoms with E-state index < -0.39 is 0 Å². The quantitative estimate of drug-likeness (QED) is 0.819. The van der Waals surface area contributed by atoms with E-state index in [4.69, 9.17) is 21.3 Å². The highest BCUT2D eigenvalue weighted by molar-refractivity contribution is 6.31. The Hall–Kier alpha value is -1.89. The highest BCUT2D eigenvalue weighted by Crippen LogP contribution is 2.20. The third-order valence-electron chi connectivity index (χ3n) is 4.97. The van der Waals surface area contributed by atoms with Crippen molar-refractivity contribution < 1.29 is 4.74 Å². The molecule has 0 radical (unpaired) electrons. The predicted molar refractivity (Wildman–Crippen MR) is 104 cm³/mol. The highest BCUT2D eigenvalue weighted by Gasteiger charge is 2.21. The molecule has 1 aromatic heterocycles. The minimum Gasteiger partial charge on any atom is -0.378 e. The highest BCUT2D eigenvalue weighted by atomic mass is 35.5. The largest absolute Gasteiger partial charge is 0.378 e. The van der Waals surface area contributed by atoms with E-state index >= 15 is 0 Å². The fraction of sp³-hybridized carbons (Fsp3) is 0.474. The molecule has 2 aromatic rings. The van der Waals surface area contributed by atoms with Crippen molar-refractivity contribution in [1.29, 1.82) is 0 Å². The molecule has 0 spiro atoms. The number of halogens is 1. The second kappa shape index (κ2) is 8.20. The SMILES string of the molecule is Clc1ccccc1CN1CCN(c2nccc(N3CCOCC3)n2)CC1. The molecule has 0 aliphatic carbocycles. The molecule has 2 aliphatic rings. The number of hydrogen-bond donors (Lipinski definition) is 0. The normalized spacial score (nSPS) is 19.0. The zero-order valence-electron chi connectivity index (χ0n) is 14.9. The minimum absolute atomic E-state index is 0.764. The van der Waals surface area contributed by atoms with Crippen LogP contribution in [0.5, 0.6) is 0 Å². The Balaban J connectivity index is 1.36. The Kier molecular flexibility index (Phi) is 5.53. The lowest BCUT2D eigenvalue weighted by Gasteiger charge is -2.35. The molecule has 2 saturated heterocycles. The number of anilines is 2. The van der Waals surface area contributed by atoms with Gasteiger partial charge in [0.2, 0.25) is 5.95 Å². The molecule has 26 heavy (non-hydrogen) atoms. The number of ether oxygens (including phenoxy) is 1. The summed E-state index contributed by atoms with van der Waals surface area (Å²) >= 11 is 6.29. The van der Waals surface area contributed by atoms with E-state index in [1.165, 1.54) is 5.56 Å². The second-order valence-electron chi connectivity index (χ2n) is 6.67. The van der Waals surface area contributed by atoms with Gasteiger partial charge in [-0.2, -0.15) is 4.98 Å². The van der Waals surface area contributed by atoms with Crippen LogP contribution < -0.4 is 9.80 Å². The summed E-state index contributed by atoms with van der Waals surface area (Å²) in [6, 6.07) is 10.1. The first-order valence-corrected chi connectivity index (χ1v) is 9.54. The third kappa shape index (κ3) is 4.09. The monoisotopic (exact) mass is 373 g/mol. The number of nitrogens with zero attached hydrogens (tertiary/aromatic N) is 5. The van der Waals surface area contributed by atoms with Crippen LogP contribution in [0.1, 0.15) is 5.56 Å². The van der Waals surface area contributed by atoms with Crippen LogP contribution in [0.3, 0.4) is 0 Å². The van der Waals surface area contributed by atoms with Crippen molar-refractivity contribution in [2.75, 3.05) is 62.3 Å². The molecule has 4 rings (SSSR count). The van der Waals surface area contributed by atoms with Crippen LogP contribution in [-0.4, -0.2) is 67.4 Å². The molecular formula is C19H24ClN5O. The Morgan fingerprint density at radius 2 is 1.69 bits per heavy atom. The second-order valence-corrected chi connectivity index (χ2v) is 7.08. The van der Waals surface area contributed by atoms with Crippen LogP contribution in [0.4, 0.5) is 11.8 Å². The van der Waals surface area contributed by atoms with Crippen LogP contribution >= 0.6 is 11.6 Å². The fourth-order valence-corrected chi connectivity index (χ4v) is 3.63. The molecule has 1 aromatic carbocycles. The smallest absolute Gasteiger partial charge is 0.227 e. The number of rotatable bonds is 4. The van der Waals surface area contributed by atoms with Crippen molar-refractivity contribution >= 4 is 23.4 Å². The van der Waals surface area contributed by atoms with Crippen LogP contribution in [0.25, 0.3) is 0 Å². The Morgan fingerprint density at radius 1 is 0.923 bits per heavy atom. The fourth-order valence-electron chi connectivity index (χ4n) is 3.43. The van der Waals surface area contributed by atoms with Gasteiger partial charge < -0.3 is 14.5 Å². The standard InChI is InChI=1S/C19H24ClN5O/c20-17-4-2-1-3-16(17)15-23-7-9-25(10-8-23)19-21-6-5-18(22-19)24-11-13-26-14-12-24/h1-6H,7-15H2. The summed E-state index contributed by atoms with van der Waals surface area (Å²) in [5.74, 6) is 1.82. The van der Waals surface area contributed by atoms with Gasteiger partial charge in [0.05, 0.1) is 13.2 Å². The van der Waals surface area contributed by atoms with E-state index in [9.17, 15) is 0 Å². The predicted octanol–water partition coefficient (Wildman–Crippen LogP) is 2.29. The van der Waals surface area contributed by atoms with E-state index in [1.54, 1.807) is 0 Å². The lowest BCUT2D eigenvalue weighted by Crippen LogP contribution is -2.46. The van der Waals surface area contributed by atoms with Gasteiger partial charge in [0, 0.05) is 57.0 Å². The van der Waals surface area contributed by atoms with Gasteiger partial charge in [-0.25, -0.2) is 4.98 Å². The number of morpholine rings is 1. The van der Waals surface area contributed by atoms with Crippen molar-refractivity contribution in [3.05, 3.63) is 47.1 Å². The first kappa shape index (κ1) is 17.5. The molecule has 0 saturated carbocycles. The molecular weight excluding hydrogens is 350 g/mol. The van der Waals surface area contributed by atoms with E-state index in [1.807, 2.05) is 30.5 Å². The van der Waals surface area contributed by atoms with Gasteiger partial charge in [0.25, 0.3) is 0 Å². The summed E-state index contributed by atoms with van der Waals surface area (Å²) in [5, 5.41) is 0.844. The zero-order valence-corrected chi connectivity index (χ0v) is 15.6. The first-order chi connectivity index (χ1) is 12.8. The average Bonchev–Trinajstić information content (AvgIpc) is 2.71. The van der Waals surface area contributed by atoms with Gasteiger partial charge in [-0.3, -0.25) is 4.90 Å². The third-order valence-corrected chi connectivity index (χ3v) is 5.34. The maximum absolute atomic E-state index is 6.29. The van der Waals surface area contributed by atoms with Gasteiger partial charge in [-0.05, 0) is 17.7 Å². The summed E-state index contributed by atoms with van der Waals surface area (Å²) in [5.41, 5.74) is 1.19. The van der Waals surface area contributed by atoms with Crippen LogP contribution in [0, 0.1) is 0 Å². The summed E-state index contributed by atoms with van der Waals surface area (Å²) in [6.07, 6.45) is 1.86. The van der Waals surface area contributed by atoms with Crippen molar-refractivity contribution in [3.8, 4) is 0 Å². The maximum Gasteiger partial charge on any atom is 0.227 e. The topological polar surface area (TPSA) is 44.7 Å². The zero-order chi connectivity index (χ0) is 17.8. The lowest BCUT2D eigenvalue weighted by molar-refractivity contribution is 0.122. The van der Waals surface area contributed by atoms with Crippen molar-refractivity contribution in [1.82, 2.24) is 14.9 Å². The number of piperazine rings is 1. The van der Waals surface area contributed by atoms with Gasteiger partial charge in [0.15, 0.2) is 0 Å². The maximum atomic E-state index is 6.29. The molecule has 2 fully saturated rings. The van der Waals surface area contributed by atoms with Gasteiger partial charge in [-0.1, -0.05) is 29.8 Å². The molecule has 0 unspecified atom stereocenters. The number of aromatic nitrogens is 2. The molecule has 6 nitrogen and oxygen atoms in total. The Bertz CT molecular complexity index is 729. The van der Waals surface area contributed by atoms with Crippen molar-refractivity contribution in [2.45, 2.75) is 6.54 Å². The van der Waals surface area contributed by atoms with Gasteiger partial charge in [-0.15, -0.1) is 0 Å². The minimum atomic E-state index is 0.764. The van der Waals surface area contributed by atoms with E-state index in [2.05, 4.69) is 25.8 Å². The molecule has 0 amide bonds. The van der Waals surface area contributed by atoms with Crippen LogP contribution in [-0.2, 0) is 11.3 Å². The van der Waals surface area contributed by atoms with Gasteiger partial charge in [0.1, 0.15) is 5.82 Å². The first-order valence-electron chi connectivity index (χ1n) is 9.16. The van der Waals surface area contributed by atoms with E-state index in [0.717, 1.165) is 75.8 Å². The summed E-state index contributed by atoms with van der Waals surface area (Å²) in [6.45, 7) is 8.02. The molecule has 138 valence electrons. The summed E-state index contributed by atoms with van der Waals surface area (Å²) in [7, 11) is 0. The number of hydrogen-bond acceptors (Lipinski definition) is 6. The molecule has 0 N–H and O–H groups in total. The lowest BCUT2D eigenvalue weighted by atomic mass is 10.2.